The van der Waals surface area contributed by atoms with E-state index in [2.05, 4.69) is 20.9 Å². The molecule has 2 aromatic rings. The summed E-state index contributed by atoms with van der Waals surface area (Å²) in [5.74, 6) is -3.56. The number of aromatic hydroxyl groups is 1. The fourth-order valence-electron chi connectivity index (χ4n) is 2.74. The van der Waals surface area contributed by atoms with Crippen LogP contribution in [-0.4, -0.2) is 37.7 Å². The van der Waals surface area contributed by atoms with Crippen LogP contribution in [0.5, 0.6) is 5.88 Å². The molecule has 27 heavy (non-hydrogen) atoms. The van der Waals surface area contributed by atoms with Gasteiger partial charge in [0.25, 0.3) is 5.91 Å². The number of carbonyl (C=O) groups excluding carboxylic acids is 1. The number of amides is 1. The molecule has 0 radical (unpaired) electrons. The van der Waals surface area contributed by atoms with Gasteiger partial charge in [0.2, 0.25) is 5.88 Å². The first-order valence-corrected chi connectivity index (χ1v) is 9.54. The van der Waals surface area contributed by atoms with Crippen LogP contribution >= 0.6 is 39.5 Å². The van der Waals surface area contributed by atoms with Gasteiger partial charge in [-0.15, -0.1) is 11.3 Å². The molecule has 0 aliphatic carbocycles. The minimum Gasteiger partial charge on any atom is -0.493 e. The molecule has 1 aromatic heterocycles. The summed E-state index contributed by atoms with van der Waals surface area (Å²) in [4.78, 5) is 38.8. The van der Waals surface area contributed by atoms with E-state index in [9.17, 15) is 24.6 Å². The third-order valence-electron chi connectivity index (χ3n) is 3.94. The van der Waals surface area contributed by atoms with Crippen molar-refractivity contribution in [2.45, 2.75) is 18.9 Å². The number of rotatable bonds is 6. The number of hydrogen-bond acceptors (Lipinski definition) is 6. The molecule has 0 unspecified atom stereocenters. The molecular formula is C16H11BrN2O6S2. The van der Waals surface area contributed by atoms with Gasteiger partial charge in [-0.1, -0.05) is 15.9 Å². The number of thiazole rings is 1. The SMILES string of the molecule is O=C(O)CC[C@H](C(=O)O)n1c(O)c(C2=c3cc(Br)ccc3=NC2=O)sc1=S. The number of fused-ring (bicyclic) bond motifs is 1. The summed E-state index contributed by atoms with van der Waals surface area (Å²) in [6, 6.07) is 3.67. The lowest BCUT2D eigenvalue weighted by molar-refractivity contribution is -0.142. The lowest BCUT2D eigenvalue weighted by Gasteiger charge is -2.14. The van der Waals surface area contributed by atoms with Crippen LogP contribution < -0.4 is 10.6 Å². The van der Waals surface area contributed by atoms with Crippen molar-refractivity contribution in [1.82, 2.24) is 4.57 Å². The van der Waals surface area contributed by atoms with Crippen molar-refractivity contribution in [2.75, 3.05) is 0 Å². The van der Waals surface area contributed by atoms with Crippen LogP contribution in [0, 0.1) is 3.95 Å². The lowest BCUT2D eigenvalue weighted by Crippen LogP contribution is -2.23. The van der Waals surface area contributed by atoms with Crippen LogP contribution in [-0.2, 0) is 14.4 Å². The fourth-order valence-corrected chi connectivity index (χ4v) is 4.55. The molecule has 140 valence electrons. The molecule has 2 heterocycles. The van der Waals surface area contributed by atoms with Crippen molar-refractivity contribution in [3.8, 4) is 5.88 Å². The topological polar surface area (TPSA) is 129 Å². The van der Waals surface area contributed by atoms with Gasteiger partial charge in [0, 0.05) is 16.1 Å². The van der Waals surface area contributed by atoms with E-state index in [0.717, 1.165) is 15.9 Å². The average molecular weight is 471 g/mol. The Morgan fingerprint density at radius 1 is 1.33 bits per heavy atom. The smallest absolute Gasteiger partial charge is 0.326 e. The molecule has 0 bridgehead atoms. The van der Waals surface area contributed by atoms with Crippen molar-refractivity contribution in [3.63, 3.8) is 0 Å². The predicted octanol–water partition coefficient (Wildman–Crippen LogP) is 1.60. The monoisotopic (exact) mass is 470 g/mol. The Hall–Kier alpha value is -2.37. The Kier molecular flexibility index (Phi) is 5.27. The van der Waals surface area contributed by atoms with E-state index in [0.29, 0.717) is 15.0 Å². The maximum atomic E-state index is 12.4. The van der Waals surface area contributed by atoms with E-state index >= 15 is 0 Å². The normalized spacial score (nSPS) is 14.0. The maximum Gasteiger partial charge on any atom is 0.326 e. The number of carboxylic acid groups (broad SMARTS) is 2. The highest BCUT2D eigenvalue weighted by molar-refractivity contribution is 9.10. The number of hydrogen-bond donors (Lipinski definition) is 3. The van der Waals surface area contributed by atoms with Crippen LogP contribution in [0.3, 0.4) is 0 Å². The van der Waals surface area contributed by atoms with Gasteiger partial charge < -0.3 is 15.3 Å². The first kappa shape index (κ1) is 19.4. The van der Waals surface area contributed by atoms with Crippen LogP contribution in [0.25, 0.3) is 5.57 Å². The van der Waals surface area contributed by atoms with Crippen molar-refractivity contribution >= 4 is 62.9 Å². The summed E-state index contributed by atoms with van der Waals surface area (Å²) in [5.41, 5.74) is 0.126. The number of carbonyl (C=O) groups is 3. The van der Waals surface area contributed by atoms with Crippen molar-refractivity contribution < 1.29 is 29.7 Å². The maximum absolute atomic E-state index is 12.4. The second-order valence-electron chi connectivity index (χ2n) is 5.63. The zero-order chi connectivity index (χ0) is 19.9. The molecule has 1 aliphatic rings. The van der Waals surface area contributed by atoms with Gasteiger partial charge in [-0.3, -0.25) is 14.2 Å². The first-order valence-electron chi connectivity index (χ1n) is 7.53. The van der Waals surface area contributed by atoms with Crippen LogP contribution in [0.2, 0.25) is 0 Å². The molecule has 3 rings (SSSR count). The van der Waals surface area contributed by atoms with E-state index in [1.165, 1.54) is 0 Å². The summed E-state index contributed by atoms with van der Waals surface area (Å²) in [6.07, 6.45) is -0.678. The minimum atomic E-state index is -1.37. The second kappa shape index (κ2) is 7.33. The molecule has 8 nitrogen and oxygen atoms in total. The number of halogens is 1. The molecular weight excluding hydrogens is 460 g/mol. The Labute approximate surface area is 168 Å². The van der Waals surface area contributed by atoms with E-state index in [1.54, 1.807) is 18.2 Å². The first-order chi connectivity index (χ1) is 12.7. The molecule has 11 heteroatoms. The Bertz CT molecular complexity index is 1170. The quantitative estimate of drug-likeness (QED) is 0.546. The Morgan fingerprint density at radius 2 is 2.04 bits per heavy atom. The fraction of sp³-hybridized carbons (Fsp3) is 0.188. The van der Waals surface area contributed by atoms with E-state index < -0.39 is 36.2 Å². The minimum absolute atomic E-state index is 0.0176. The molecule has 0 saturated heterocycles. The van der Waals surface area contributed by atoms with E-state index in [-0.39, 0.29) is 20.8 Å². The summed E-state index contributed by atoms with van der Waals surface area (Å²) < 4.78 is 1.69. The summed E-state index contributed by atoms with van der Waals surface area (Å²) in [5, 5.41) is 29.8. The molecule has 1 amide bonds. The number of aliphatic carboxylic acids is 2. The number of nitrogens with zero attached hydrogens (tertiary/aromatic N) is 2. The van der Waals surface area contributed by atoms with Gasteiger partial charge in [0.1, 0.15) is 10.9 Å². The lowest BCUT2D eigenvalue weighted by atomic mass is 10.1. The number of benzene rings is 1. The van der Waals surface area contributed by atoms with Gasteiger partial charge in [0.05, 0.1) is 10.9 Å². The van der Waals surface area contributed by atoms with Gasteiger partial charge in [-0.05, 0) is 36.8 Å². The summed E-state index contributed by atoms with van der Waals surface area (Å²) in [6.45, 7) is 0. The third kappa shape index (κ3) is 3.57. The van der Waals surface area contributed by atoms with Gasteiger partial charge in [0.15, 0.2) is 3.95 Å². The molecule has 3 N–H and O–H groups in total. The predicted molar refractivity (Wildman–Crippen MR) is 101 cm³/mol. The Balaban J connectivity index is 2.20. The van der Waals surface area contributed by atoms with Crippen molar-refractivity contribution in [1.29, 1.82) is 0 Å². The van der Waals surface area contributed by atoms with Gasteiger partial charge in [-0.2, -0.15) is 0 Å². The molecule has 0 spiro atoms. The van der Waals surface area contributed by atoms with Crippen LogP contribution in [0.4, 0.5) is 0 Å². The van der Waals surface area contributed by atoms with Crippen LogP contribution in [0.15, 0.2) is 27.7 Å². The molecule has 0 fully saturated rings. The largest absolute Gasteiger partial charge is 0.493 e. The highest BCUT2D eigenvalue weighted by atomic mass is 79.9. The van der Waals surface area contributed by atoms with Crippen molar-refractivity contribution in [3.05, 3.63) is 42.1 Å². The van der Waals surface area contributed by atoms with E-state index in [1.807, 2.05) is 0 Å². The molecule has 0 saturated carbocycles. The van der Waals surface area contributed by atoms with Gasteiger partial charge >= 0.3 is 11.9 Å². The Morgan fingerprint density at radius 3 is 2.67 bits per heavy atom. The number of carboxylic acids is 2. The van der Waals surface area contributed by atoms with Gasteiger partial charge in [-0.25, -0.2) is 9.79 Å². The highest BCUT2D eigenvalue weighted by Gasteiger charge is 2.30. The van der Waals surface area contributed by atoms with Crippen LogP contribution in [0.1, 0.15) is 23.8 Å². The zero-order valence-corrected chi connectivity index (χ0v) is 16.6. The molecule has 1 aliphatic heterocycles. The number of aromatic nitrogens is 1. The summed E-state index contributed by atoms with van der Waals surface area (Å²) >= 11 is 9.37. The molecule has 1 atom stereocenters. The second-order valence-corrected chi connectivity index (χ2v) is 8.19. The third-order valence-corrected chi connectivity index (χ3v) is 5.84. The van der Waals surface area contributed by atoms with E-state index in [4.69, 9.17) is 17.3 Å². The highest BCUT2D eigenvalue weighted by Crippen LogP contribution is 2.36. The van der Waals surface area contributed by atoms with Crippen molar-refractivity contribution in [2.24, 2.45) is 4.99 Å². The standard InChI is InChI=1S/C16H11BrN2O6S2/c17-6-1-2-8-7(5-6)11(13(22)18-8)12-14(23)19(16(26)27-12)9(15(24)25)3-4-10(20)21/h1-2,5,9,23H,3-4H2,(H,20,21)(H,24,25)/t9-/m1/s1. The zero-order valence-electron chi connectivity index (χ0n) is 13.4. The average Bonchev–Trinajstić information content (AvgIpc) is 3.04. The summed E-state index contributed by atoms with van der Waals surface area (Å²) in [7, 11) is 0. The molecule has 1 aromatic carbocycles.